The third-order valence-corrected chi connectivity index (χ3v) is 3.59. The number of aliphatic hydroxyl groups is 1. The molecule has 17 heavy (non-hydrogen) atoms. The fraction of sp³-hybridized carbons (Fsp3) is 0.571. The molecule has 2 aliphatic rings. The van der Waals surface area contributed by atoms with Gasteiger partial charge in [-0.1, -0.05) is 6.07 Å². The zero-order chi connectivity index (χ0) is 11.7. The van der Waals surface area contributed by atoms with Crippen molar-refractivity contribution in [1.29, 1.82) is 0 Å². The number of aliphatic hydroxyl groups excluding tert-OH is 1. The lowest BCUT2D eigenvalue weighted by atomic mass is 9.89. The summed E-state index contributed by atoms with van der Waals surface area (Å²) in [5, 5.41) is 9.97. The van der Waals surface area contributed by atoms with Gasteiger partial charge in [-0.2, -0.15) is 0 Å². The highest BCUT2D eigenvalue weighted by atomic mass is 16.5. The molecule has 0 saturated carbocycles. The van der Waals surface area contributed by atoms with E-state index in [1.54, 1.807) is 0 Å². The van der Waals surface area contributed by atoms with E-state index in [-0.39, 0.29) is 12.2 Å². The van der Waals surface area contributed by atoms with Gasteiger partial charge in [0.15, 0.2) is 0 Å². The Labute approximate surface area is 101 Å². The molecule has 0 amide bonds. The molecule has 1 aliphatic carbocycles. The van der Waals surface area contributed by atoms with Gasteiger partial charge in [0, 0.05) is 6.42 Å². The third kappa shape index (κ3) is 2.31. The van der Waals surface area contributed by atoms with Crippen LogP contribution in [-0.4, -0.2) is 24.4 Å². The van der Waals surface area contributed by atoms with Gasteiger partial charge in [-0.05, 0) is 42.5 Å². The average Bonchev–Trinajstić information content (AvgIpc) is 2.83. The van der Waals surface area contributed by atoms with Crippen LogP contribution in [0.25, 0.3) is 0 Å². The minimum absolute atomic E-state index is 0.175. The molecule has 2 atom stereocenters. The average molecular weight is 234 g/mol. The summed E-state index contributed by atoms with van der Waals surface area (Å²) in [5.41, 5.74) is 2.31. The monoisotopic (exact) mass is 234 g/mol. The number of fused-ring (bicyclic) bond motifs is 1. The minimum atomic E-state index is -0.317. The number of benzene rings is 1. The molecule has 0 spiro atoms. The predicted octanol–water partition coefficient (Wildman–Crippen LogP) is 2.22. The molecular formula is C14H18O3. The molecule has 1 heterocycles. The fourth-order valence-corrected chi connectivity index (χ4v) is 2.62. The Hall–Kier alpha value is -1.06. The van der Waals surface area contributed by atoms with Gasteiger partial charge in [0.25, 0.3) is 0 Å². The lowest BCUT2D eigenvalue weighted by molar-refractivity contribution is 0.139. The molecule has 1 aromatic carbocycles. The predicted molar refractivity (Wildman–Crippen MR) is 64.2 cm³/mol. The highest BCUT2D eigenvalue weighted by molar-refractivity contribution is 5.38. The van der Waals surface area contributed by atoms with Gasteiger partial charge in [-0.15, -0.1) is 0 Å². The van der Waals surface area contributed by atoms with E-state index in [1.807, 2.05) is 12.1 Å². The van der Waals surface area contributed by atoms with Crippen LogP contribution in [0.2, 0.25) is 0 Å². The quantitative estimate of drug-likeness (QED) is 0.852. The highest BCUT2D eigenvalue weighted by Gasteiger charge is 2.21. The van der Waals surface area contributed by atoms with Gasteiger partial charge in [0.2, 0.25) is 0 Å². The topological polar surface area (TPSA) is 38.7 Å². The maximum absolute atomic E-state index is 9.97. The molecule has 1 fully saturated rings. The number of hydrogen-bond donors (Lipinski definition) is 1. The summed E-state index contributed by atoms with van der Waals surface area (Å²) in [5.74, 6) is 0.861. The first-order valence-corrected chi connectivity index (χ1v) is 6.38. The summed E-state index contributed by atoms with van der Waals surface area (Å²) in [7, 11) is 0. The van der Waals surface area contributed by atoms with Crippen LogP contribution in [0.1, 0.15) is 36.5 Å². The molecule has 1 aliphatic heterocycles. The van der Waals surface area contributed by atoms with Crippen LogP contribution in [-0.2, 0) is 11.2 Å². The second kappa shape index (κ2) is 4.67. The Balaban J connectivity index is 1.79. The first-order valence-electron chi connectivity index (χ1n) is 6.38. The Morgan fingerprint density at radius 3 is 3.06 bits per heavy atom. The van der Waals surface area contributed by atoms with Crippen molar-refractivity contribution in [2.24, 2.45) is 0 Å². The van der Waals surface area contributed by atoms with Crippen molar-refractivity contribution >= 4 is 0 Å². The maximum atomic E-state index is 9.97. The molecule has 3 heteroatoms. The van der Waals surface area contributed by atoms with Crippen molar-refractivity contribution in [3.63, 3.8) is 0 Å². The van der Waals surface area contributed by atoms with E-state index in [0.29, 0.717) is 6.61 Å². The summed E-state index contributed by atoms with van der Waals surface area (Å²) >= 11 is 0. The molecule has 1 aromatic rings. The molecule has 0 aromatic heterocycles. The fourth-order valence-electron chi connectivity index (χ4n) is 2.62. The summed E-state index contributed by atoms with van der Waals surface area (Å²) in [6, 6.07) is 6.09. The lowest BCUT2D eigenvalue weighted by Gasteiger charge is -2.22. The SMILES string of the molecule is O[C@@H]1CCCc2ccc(OC3CCOC3)cc21. The molecule has 3 nitrogen and oxygen atoms in total. The molecular weight excluding hydrogens is 216 g/mol. The van der Waals surface area contributed by atoms with E-state index in [9.17, 15) is 5.11 Å². The number of hydrogen-bond acceptors (Lipinski definition) is 3. The second-order valence-electron chi connectivity index (χ2n) is 4.87. The molecule has 0 bridgehead atoms. The zero-order valence-electron chi connectivity index (χ0n) is 9.89. The normalized spacial score (nSPS) is 27.8. The zero-order valence-corrected chi connectivity index (χ0v) is 9.89. The van der Waals surface area contributed by atoms with Crippen LogP contribution in [0.3, 0.4) is 0 Å². The second-order valence-corrected chi connectivity index (χ2v) is 4.87. The van der Waals surface area contributed by atoms with E-state index in [4.69, 9.17) is 9.47 Å². The van der Waals surface area contributed by atoms with Crippen LogP contribution >= 0.6 is 0 Å². The first kappa shape index (κ1) is 11.1. The summed E-state index contributed by atoms with van der Waals surface area (Å²) in [6.45, 7) is 1.47. The van der Waals surface area contributed by atoms with E-state index in [1.165, 1.54) is 5.56 Å². The Morgan fingerprint density at radius 1 is 1.29 bits per heavy atom. The van der Waals surface area contributed by atoms with Gasteiger partial charge in [0.05, 0.1) is 19.3 Å². The summed E-state index contributed by atoms with van der Waals surface area (Å²) in [6.07, 6.45) is 3.82. The first-order chi connectivity index (χ1) is 8.33. The molecule has 3 rings (SSSR count). The van der Waals surface area contributed by atoms with E-state index < -0.39 is 0 Å². The number of ether oxygens (including phenoxy) is 2. The van der Waals surface area contributed by atoms with Crippen molar-refractivity contribution in [3.8, 4) is 5.75 Å². The third-order valence-electron chi connectivity index (χ3n) is 3.59. The van der Waals surface area contributed by atoms with E-state index >= 15 is 0 Å². The smallest absolute Gasteiger partial charge is 0.124 e. The van der Waals surface area contributed by atoms with E-state index in [0.717, 1.165) is 43.6 Å². The van der Waals surface area contributed by atoms with Crippen molar-refractivity contribution in [2.75, 3.05) is 13.2 Å². The molecule has 1 unspecified atom stereocenters. The van der Waals surface area contributed by atoms with Crippen molar-refractivity contribution in [3.05, 3.63) is 29.3 Å². The number of aryl methyl sites for hydroxylation is 1. The lowest BCUT2D eigenvalue weighted by Crippen LogP contribution is -2.16. The van der Waals surface area contributed by atoms with Crippen LogP contribution in [0.5, 0.6) is 5.75 Å². The number of rotatable bonds is 2. The highest BCUT2D eigenvalue weighted by Crippen LogP contribution is 2.32. The van der Waals surface area contributed by atoms with Crippen LogP contribution in [0.4, 0.5) is 0 Å². The van der Waals surface area contributed by atoms with E-state index in [2.05, 4.69) is 6.07 Å². The molecule has 1 saturated heterocycles. The van der Waals surface area contributed by atoms with Crippen LogP contribution in [0.15, 0.2) is 18.2 Å². The van der Waals surface area contributed by atoms with Crippen molar-refractivity contribution < 1.29 is 14.6 Å². The van der Waals surface area contributed by atoms with Gasteiger partial charge in [-0.3, -0.25) is 0 Å². The Kier molecular flexibility index (Phi) is 3.04. The minimum Gasteiger partial charge on any atom is -0.488 e. The summed E-state index contributed by atoms with van der Waals surface area (Å²) < 4.78 is 11.1. The maximum Gasteiger partial charge on any atom is 0.124 e. The van der Waals surface area contributed by atoms with Crippen molar-refractivity contribution in [1.82, 2.24) is 0 Å². The Bertz CT molecular complexity index is 396. The standard InChI is InChI=1S/C14H18O3/c15-14-3-1-2-10-4-5-11(8-13(10)14)17-12-6-7-16-9-12/h4-5,8,12,14-15H,1-3,6-7,9H2/t12?,14-/m1/s1. The van der Waals surface area contributed by atoms with Crippen molar-refractivity contribution in [2.45, 2.75) is 37.9 Å². The van der Waals surface area contributed by atoms with Gasteiger partial charge in [0.1, 0.15) is 11.9 Å². The van der Waals surface area contributed by atoms with Crippen LogP contribution < -0.4 is 4.74 Å². The summed E-state index contributed by atoms with van der Waals surface area (Å²) in [4.78, 5) is 0. The molecule has 1 N–H and O–H groups in total. The molecule has 0 radical (unpaired) electrons. The molecule has 92 valence electrons. The van der Waals surface area contributed by atoms with Gasteiger partial charge in [-0.25, -0.2) is 0 Å². The van der Waals surface area contributed by atoms with Crippen LogP contribution in [0, 0.1) is 0 Å². The van der Waals surface area contributed by atoms with Gasteiger partial charge < -0.3 is 14.6 Å². The Morgan fingerprint density at radius 2 is 2.24 bits per heavy atom. The van der Waals surface area contributed by atoms with Gasteiger partial charge >= 0.3 is 0 Å². The largest absolute Gasteiger partial charge is 0.488 e.